The highest BCUT2D eigenvalue weighted by molar-refractivity contribution is 5.86. The molecule has 80 valence electrons. The molecule has 0 saturated heterocycles. The van der Waals surface area contributed by atoms with Crippen molar-refractivity contribution >= 4 is 5.91 Å². The summed E-state index contributed by atoms with van der Waals surface area (Å²) in [4.78, 5) is 11.6. The molecule has 0 aliphatic rings. The van der Waals surface area contributed by atoms with Crippen molar-refractivity contribution in [2.24, 2.45) is 0 Å². The quantitative estimate of drug-likeness (QED) is 0.771. The molecular formula is C13H12N2O. The van der Waals surface area contributed by atoms with Gasteiger partial charge in [0.05, 0.1) is 12.6 Å². The molecule has 1 amide bonds. The van der Waals surface area contributed by atoms with Crippen LogP contribution in [0.1, 0.15) is 18.4 Å². The van der Waals surface area contributed by atoms with E-state index in [1.807, 2.05) is 12.1 Å². The number of carbonyl (C=O) groups is 1. The Bertz CT molecular complexity index is 448. The van der Waals surface area contributed by atoms with E-state index in [0.717, 1.165) is 0 Å². The number of amides is 1. The predicted molar refractivity (Wildman–Crippen MR) is 61.3 cm³/mol. The highest BCUT2D eigenvalue weighted by Gasteiger charge is 2.18. The van der Waals surface area contributed by atoms with E-state index in [4.69, 9.17) is 5.26 Å². The molecule has 1 atom stereocenters. The van der Waals surface area contributed by atoms with Crippen LogP contribution in [-0.2, 0) is 4.79 Å². The molecule has 0 aliphatic heterocycles. The average Bonchev–Trinajstić information content (AvgIpc) is 2.32. The van der Waals surface area contributed by atoms with Gasteiger partial charge in [-0.1, -0.05) is 36.3 Å². The summed E-state index contributed by atoms with van der Waals surface area (Å²) >= 11 is 0. The van der Waals surface area contributed by atoms with Crippen molar-refractivity contribution in [2.45, 2.75) is 12.8 Å². The Morgan fingerprint density at radius 1 is 1.44 bits per heavy atom. The fourth-order valence-electron chi connectivity index (χ4n) is 1.25. The molecule has 0 saturated carbocycles. The second kappa shape index (κ2) is 6.27. The second-order valence-corrected chi connectivity index (χ2v) is 3.12. The van der Waals surface area contributed by atoms with Gasteiger partial charge in [0.15, 0.2) is 0 Å². The smallest absolute Gasteiger partial charge is 0.242 e. The van der Waals surface area contributed by atoms with Gasteiger partial charge in [-0.05, 0) is 12.5 Å². The number of hydrogen-bond acceptors (Lipinski definition) is 2. The van der Waals surface area contributed by atoms with E-state index in [2.05, 4.69) is 17.2 Å². The minimum Gasteiger partial charge on any atom is -0.344 e. The van der Waals surface area contributed by atoms with Crippen molar-refractivity contribution in [3.63, 3.8) is 0 Å². The van der Waals surface area contributed by atoms with Crippen LogP contribution in [0.3, 0.4) is 0 Å². The Labute approximate surface area is 95.1 Å². The molecule has 1 aromatic carbocycles. The predicted octanol–water partition coefficient (Wildman–Crippen LogP) is 1.43. The Morgan fingerprint density at radius 3 is 2.69 bits per heavy atom. The van der Waals surface area contributed by atoms with E-state index in [9.17, 15) is 4.79 Å². The van der Waals surface area contributed by atoms with Crippen LogP contribution in [0.15, 0.2) is 30.3 Å². The molecule has 1 aromatic rings. The van der Waals surface area contributed by atoms with Crippen LogP contribution in [0.2, 0.25) is 0 Å². The number of carbonyl (C=O) groups excluding carboxylic acids is 1. The number of nitriles is 1. The van der Waals surface area contributed by atoms with Gasteiger partial charge < -0.3 is 5.32 Å². The molecule has 0 fully saturated rings. The molecule has 0 bridgehead atoms. The first-order valence-corrected chi connectivity index (χ1v) is 4.91. The lowest BCUT2D eigenvalue weighted by Gasteiger charge is -2.08. The van der Waals surface area contributed by atoms with E-state index < -0.39 is 5.92 Å². The molecule has 0 radical (unpaired) electrons. The molecule has 0 spiro atoms. The van der Waals surface area contributed by atoms with Gasteiger partial charge in [0.25, 0.3) is 0 Å². The van der Waals surface area contributed by atoms with Gasteiger partial charge >= 0.3 is 0 Å². The third-order valence-corrected chi connectivity index (χ3v) is 2.05. The van der Waals surface area contributed by atoms with Gasteiger partial charge in [-0.25, -0.2) is 0 Å². The molecular weight excluding hydrogens is 200 g/mol. The lowest BCUT2D eigenvalue weighted by molar-refractivity contribution is -0.121. The normalized spacial score (nSPS) is 10.5. The third-order valence-electron chi connectivity index (χ3n) is 2.05. The van der Waals surface area contributed by atoms with Crippen molar-refractivity contribution in [3.8, 4) is 17.9 Å². The first-order valence-electron chi connectivity index (χ1n) is 4.91. The SMILES string of the molecule is CC#CCNC(=O)C(C#N)c1ccccc1. The van der Waals surface area contributed by atoms with Crippen molar-refractivity contribution in [2.75, 3.05) is 6.54 Å². The fraction of sp³-hybridized carbons (Fsp3) is 0.231. The summed E-state index contributed by atoms with van der Waals surface area (Å²) in [5, 5.41) is 11.6. The van der Waals surface area contributed by atoms with Gasteiger partial charge in [0.2, 0.25) is 5.91 Å². The fourth-order valence-corrected chi connectivity index (χ4v) is 1.25. The van der Waals surface area contributed by atoms with E-state index in [-0.39, 0.29) is 12.5 Å². The van der Waals surface area contributed by atoms with Gasteiger partial charge in [-0.15, -0.1) is 5.92 Å². The van der Waals surface area contributed by atoms with Gasteiger partial charge in [0, 0.05) is 0 Å². The summed E-state index contributed by atoms with van der Waals surface area (Å²) in [5.74, 6) is 4.32. The summed E-state index contributed by atoms with van der Waals surface area (Å²) in [7, 11) is 0. The minimum absolute atomic E-state index is 0.278. The highest BCUT2D eigenvalue weighted by Crippen LogP contribution is 2.13. The first kappa shape index (κ1) is 11.8. The summed E-state index contributed by atoms with van der Waals surface area (Å²) in [6.07, 6.45) is 0. The zero-order valence-corrected chi connectivity index (χ0v) is 9.03. The molecule has 1 rings (SSSR count). The van der Waals surface area contributed by atoms with Crippen molar-refractivity contribution in [1.29, 1.82) is 5.26 Å². The monoisotopic (exact) mass is 212 g/mol. The van der Waals surface area contributed by atoms with Gasteiger partial charge in [0.1, 0.15) is 5.92 Å². The van der Waals surface area contributed by atoms with Crippen LogP contribution in [0.4, 0.5) is 0 Å². The minimum atomic E-state index is -0.764. The maximum Gasteiger partial charge on any atom is 0.242 e. The molecule has 1 unspecified atom stereocenters. The van der Waals surface area contributed by atoms with E-state index >= 15 is 0 Å². The Kier molecular flexibility index (Phi) is 4.63. The van der Waals surface area contributed by atoms with Crippen LogP contribution < -0.4 is 5.32 Å². The summed E-state index contributed by atoms with van der Waals surface area (Å²) in [5.41, 5.74) is 0.701. The Hall–Kier alpha value is -2.26. The molecule has 0 aromatic heterocycles. The molecule has 16 heavy (non-hydrogen) atoms. The number of rotatable bonds is 3. The van der Waals surface area contributed by atoms with Crippen molar-refractivity contribution in [1.82, 2.24) is 5.32 Å². The van der Waals surface area contributed by atoms with Gasteiger partial charge in [-0.3, -0.25) is 4.79 Å². The average molecular weight is 212 g/mol. The molecule has 1 N–H and O–H groups in total. The Balaban J connectivity index is 2.71. The van der Waals surface area contributed by atoms with Crippen LogP contribution in [0, 0.1) is 23.2 Å². The Morgan fingerprint density at radius 2 is 2.12 bits per heavy atom. The standard InChI is InChI=1S/C13H12N2O/c1-2-3-9-15-13(16)12(10-14)11-7-5-4-6-8-11/h4-8,12H,9H2,1H3,(H,15,16). The molecule has 3 nitrogen and oxygen atoms in total. The first-order chi connectivity index (χ1) is 7.79. The maximum atomic E-state index is 11.6. The number of nitrogens with zero attached hydrogens (tertiary/aromatic N) is 1. The van der Waals surface area contributed by atoms with Crippen LogP contribution in [0.25, 0.3) is 0 Å². The third kappa shape index (κ3) is 3.15. The van der Waals surface area contributed by atoms with Crippen LogP contribution >= 0.6 is 0 Å². The lowest BCUT2D eigenvalue weighted by Crippen LogP contribution is -2.28. The second-order valence-electron chi connectivity index (χ2n) is 3.12. The van der Waals surface area contributed by atoms with Crippen molar-refractivity contribution in [3.05, 3.63) is 35.9 Å². The van der Waals surface area contributed by atoms with Crippen molar-refractivity contribution < 1.29 is 4.79 Å². The topological polar surface area (TPSA) is 52.9 Å². The lowest BCUT2D eigenvalue weighted by atomic mass is 10.00. The zero-order chi connectivity index (χ0) is 11.8. The highest BCUT2D eigenvalue weighted by atomic mass is 16.1. The van der Waals surface area contributed by atoms with Crippen LogP contribution in [-0.4, -0.2) is 12.5 Å². The zero-order valence-electron chi connectivity index (χ0n) is 9.03. The van der Waals surface area contributed by atoms with Crippen LogP contribution in [0.5, 0.6) is 0 Å². The summed E-state index contributed by atoms with van der Waals surface area (Å²) < 4.78 is 0. The molecule has 3 heteroatoms. The largest absolute Gasteiger partial charge is 0.344 e. The maximum absolute atomic E-state index is 11.6. The molecule has 0 aliphatic carbocycles. The summed E-state index contributed by atoms with van der Waals surface area (Å²) in [6.45, 7) is 1.98. The summed E-state index contributed by atoms with van der Waals surface area (Å²) in [6, 6.07) is 11.0. The van der Waals surface area contributed by atoms with E-state index in [0.29, 0.717) is 5.56 Å². The number of benzene rings is 1. The number of hydrogen-bond donors (Lipinski definition) is 1. The number of nitrogens with one attached hydrogen (secondary N) is 1. The van der Waals surface area contributed by atoms with Gasteiger partial charge in [-0.2, -0.15) is 5.26 Å². The molecule has 0 heterocycles. The van der Waals surface area contributed by atoms with E-state index in [1.54, 1.807) is 31.2 Å². The van der Waals surface area contributed by atoms with E-state index in [1.165, 1.54) is 0 Å².